The van der Waals surface area contributed by atoms with Gasteiger partial charge in [-0.05, 0) is 35.7 Å². The zero-order valence-corrected chi connectivity index (χ0v) is 28.4. The molecule has 0 bridgehead atoms. The van der Waals surface area contributed by atoms with E-state index in [9.17, 15) is 0 Å². The first-order valence-electron chi connectivity index (χ1n) is 16.5. The van der Waals surface area contributed by atoms with E-state index in [-0.39, 0.29) is 12.4 Å². The quantitative estimate of drug-likeness (QED) is 0.0816. The summed E-state index contributed by atoms with van der Waals surface area (Å²) in [6, 6.07) is 23.1. The minimum absolute atomic E-state index is 0. The highest BCUT2D eigenvalue weighted by atomic mass is 35.5. The molecule has 0 N–H and O–H groups in total. The van der Waals surface area contributed by atoms with Gasteiger partial charge in [0.1, 0.15) is 0 Å². The Morgan fingerprint density at radius 3 is 1.25 bits per heavy atom. The molecular formula is C36H62ClNOSi. The molecule has 228 valence electrons. The smallest absolute Gasteiger partial charge is 0.255 e. The van der Waals surface area contributed by atoms with E-state index >= 15 is 0 Å². The van der Waals surface area contributed by atoms with Gasteiger partial charge in [-0.15, -0.1) is 0 Å². The Hall–Kier alpha value is -1.13. The molecule has 0 radical (unpaired) electrons. The van der Waals surface area contributed by atoms with Crippen LogP contribution < -0.4 is 22.8 Å². The highest BCUT2D eigenvalue weighted by Crippen LogP contribution is 2.18. The van der Waals surface area contributed by atoms with Gasteiger partial charge < -0.3 is 21.3 Å². The number of unbranched alkanes of at least 4 members (excludes halogenated alkanes) is 15. The van der Waals surface area contributed by atoms with Crippen molar-refractivity contribution >= 4 is 18.7 Å². The van der Waals surface area contributed by atoms with Crippen molar-refractivity contribution in [3.63, 3.8) is 0 Å². The molecule has 0 unspecified atom stereocenters. The number of benzene rings is 2. The van der Waals surface area contributed by atoms with Crippen LogP contribution in [0.2, 0.25) is 6.04 Å². The van der Waals surface area contributed by atoms with Crippen LogP contribution in [-0.2, 0) is 4.43 Å². The van der Waals surface area contributed by atoms with Crippen molar-refractivity contribution in [1.29, 1.82) is 0 Å². The maximum Gasteiger partial charge on any atom is 0.255 e. The molecule has 0 atom stereocenters. The normalized spacial score (nSPS) is 11.9. The van der Waals surface area contributed by atoms with Crippen molar-refractivity contribution in [3.05, 3.63) is 60.7 Å². The summed E-state index contributed by atoms with van der Waals surface area (Å²) in [5.74, 6) is 0. The highest BCUT2D eigenvalue weighted by Gasteiger charge is 2.38. The molecule has 0 amide bonds. The fourth-order valence-corrected chi connectivity index (χ4v) is 9.87. The molecule has 0 aliphatic carbocycles. The van der Waals surface area contributed by atoms with Crippen molar-refractivity contribution in [2.45, 2.75) is 122 Å². The van der Waals surface area contributed by atoms with E-state index in [1.54, 1.807) is 0 Å². The summed E-state index contributed by atoms with van der Waals surface area (Å²) in [7, 11) is 4.57. The summed E-state index contributed by atoms with van der Waals surface area (Å²) in [6.07, 6.45) is 24.2. The molecular weight excluding hydrogens is 526 g/mol. The van der Waals surface area contributed by atoms with Crippen molar-refractivity contribution in [2.75, 3.05) is 34.3 Å². The summed E-state index contributed by atoms with van der Waals surface area (Å²) >= 11 is 0. The SMILES string of the molecule is CCCCCCCCCCCCCCCCCC[N+](C)(C)CCC[Si](OC)(c1ccccc1)c1ccccc1.[Cl-]. The Morgan fingerprint density at radius 1 is 0.525 bits per heavy atom. The van der Waals surface area contributed by atoms with E-state index in [2.05, 4.69) is 81.7 Å². The average Bonchev–Trinajstić information content (AvgIpc) is 2.96. The molecule has 2 aromatic rings. The van der Waals surface area contributed by atoms with Gasteiger partial charge in [-0.3, -0.25) is 0 Å². The molecule has 2 rings (SSSR count). The molecule has 0 saturated carbocycles. The lowest BCUT2D eigenvalue weighted by molar-refractivity contribution is -0.890. The molecule has 0 saturated heterocycles. The number of rotatable bonds is 24. The van der Waals surface area contributed by atoms with E-state index in [0.29, 0.717) is 0 Å². The number of hydrogen-bond donors (Lipinski definition) is 0. The standard InChI is InChI=1S/C36H62NOSi.ClH/c1-5-6-7-8-9-10-11-12-13-14-15-16-17-18-19-26-32-37(2,3)33-27-34-39(38-4,35-28-22-20-23-29-35)36-30-24-21-25-31-36;/h20-25,28-31H,5-19,26-27,32-34H2,1-4H3;1H/q+1;/p-1. The number of hydrogen-bond acceptors (Lipinski definition) is 1. The molecule has 4 heteroatoms. The largest absolute Gasteiger partial charge is 1.00 e. The van der Waals surface area contributed by atoms with Gasteiger partial charge in [0.05, 0.1) is 27.2 Å². The lowest BCUT2D eigenvalue weighted by Crippen LogP contribution is -3.00. The Kier molecular flexibility index (Phi) is 20.7. The van der Waals surface area contributed by atoms with Crippen LogP contribution in [0.4, 0.5) is 0 Å². The second kappa shape index (κ2) is 22.5. The maximum absolute atomic E-state index is 6.45. The second-order valence-corrected chi connectivity index (χ2v) is 16.3. The van der Waals surface area contributed by atoms with Gasteiger partial charge in [0.25, 0.3) is 8.32 Å². The third kappa shape index (κ3) is 14.7. The molecule has 0 aliphatic heterocycles. The van der Waals surface area contributed by atoms with Crippen molar-refractivity contribution in [3.8, 4) is 0 Å². The summed E-state index contributed by atoms with van der Waals surface area (Å²) in [4.78, 5) is 0. The van der Waals surface area contributed by atoms with Crippen LogP contribution in [0.25, 0.3) is 0 Å². The van der Waals surface area contributed by atoms with Crippen LogP contribution in [0, 0.1) is 0 Å². The molecule has 0 spiro atoms. The molecule has 0 aliphatic rings. The van der Waals surface area contributed by atoms with Crippen LogP contribution in [0.3, 0.4) is 0 Å². The topological polar surface area (TPSA) is 9.23 Å². The van der Waals surface area contributed by atoms with E-state index in [0.717, 1.165) is 10.5 Å². The van der Waals surface area contributed by atoms with E-state index < -0.39 is 8.32 Å². The lowest BCUT2D eigenvalue weighted by atomic mass is 10.0. The predicted molar refractivity (Wildman–Crippen MR) is 176 cm³/mol. The van der Waals surface area contributed by atoms with Crippen LogP contribution in [0.15, 0.2) is 60.7 Å². The second-order valence-electron chi connectivity index (χ2n) is 12.6. The minimum Gasteiger partial charge on any atom is -1.00 e. The fourth-order valence-electron chi connectivity index (χ4n) is 6.16. The number of nitrogens with zero attached hydrogens (tertiary/aromatic N) is 1. The third-order valence-corrected chi connectivity index (χ3v) is 13.0. The lowest BCUT2D eigenvalue weighted by Gasteiger charge is -2.34. The first-order valence-corrected chi connectivity index (χ1v) is 18.6. The van der Waals surface area contributed by atoms with Crippen molar-refractivity contribution in [1.82, 2.24) is 0 Å². The van der Waals surface area contributed by atoms with E-state index in [1.165, 1.54) is 133 Å². The van der Waals surface area contributed by atoms with E-state index in [4.69, 9.17) is 4.43 Å². The minimum atomic E-state index is -2.21. The predicted octanol–water partition coefficient (Wildman–Crippen LogP) is 6.12. The Bertz CT molecular complexity index is 790. The molecule has 0 heterocycles. The average molecular weight is 588 g/mol. The van der Waals surface area contributed by atoms with Gasteiger partial charge in [-0.2, -0.15) is 0 Å². The molecule has 2 nitrogen and oxygen atoms in total. The van der Waals surface area contributed by atoms with Crippen LogP contribution in [0.5, 0.6) is 0 Å². The van der Waals surface area contributed by atoms with Crippen LogP contribution in [0.1, 0.15) is 116 Å². The van der Waals surface area contributed by atoms with Gasteiger partial charge in [0, 0.05) is 7.11 Å². The van der Waals surface area contributed by atoms with Gasteiger partial charge >= 0.3 is 0 Å². The zero-order chi connectivity index (χ0) is 28.1. The molecule has 0 fully saturated rings. The Balaban J connectivity index is 0.00000800. The fraction of sp³-hybridized carbons (Fsp3) is 0.667. The Morgan fingerprint density at radius 2 is 0.875 bits per heavy atom. The highest BCUT2D eigenvalue weighted by molar-refractivity contribution is 6.97. The number of halogens is 1. The molecule has 0 aromatic heterocycles. The summed E-state index contributed by atoms with van der Waals surface area (Å²) in [5.41, 5.74) is 0. The van der Waals surface area contributed by atoms with Gasteiger partial charge in [0.2, 0.25) is 0 Å². The van der Waals surface area contributed by atoms with Crippen molar-refractivity contribution in [2.24, 2.45) is 0 Å². The van der Waals surface area contributed by atoms with E-state index in [1.807, 2.05) is 7.11 Å². The summed E-state index contributed by atoms with van der Waals surface area (Å²) < 4.78 is 7.57. The summed E-state index contributed by atoms with van der Waals surface area (Å²) in [6.45, 7) is 4.81. The summed E-state index contributed by atoms with van der Waals surface area (Å²) in [5, 5.41) is 2.78. The number of quaternary nitrogens is 1. The molecule has 40 heavy (non-hydrogen) atoms. The first-order chi connectivity index (χ1) is 19.0. The third-order valence-electron chi connectivity index (χ3n) is 8.74. The maximum atomic E-state index is 6.45. The first kappa shape index (κ1) is 36.9. The van der Waals surface area contributed by atoms with Gasteiger partial charge in [0.15, 0.2) is 0 Å². The van der Waals surface area contributed by atoms with Crippen LogP contribution >= 0.6 is 0 Å². The van der Waals surface area contributed by atoms with Crippen molar-refractivity contribution < 1.29 is 21.3 Å². The Labute approximate surface area is 256 Å². The van der Waals surface area contributed by atoms with Gasteiger partial charge in [-0.1, -0.05) is 157 Å². The molecule has 2 aromatic carbocycles. The monoisotopic (exact) mass is 587 g/mol. The van der Waals surface area contributed by atoms with Crippen LogP contribution in [-0.4, -0.2) is 47.1 Å². The zero-order valence-electron chi connectivity index (χ0n) is 26.6. The van der Waals surface area contributed by atoms with Gasteiger partial charge in [-0.25, -0.2) is 0 Å².